The van der Waals surface area contributed by atoms with Crippen LogP contribution in [0.15, 0.2) is 42.9 Å². The molecule has 0 saturated carbocycles. The van der Waals surface area contributed by atoms with Crippen molar-refractivity contribution >= 4 is 11.7 Å². The van der Waals surface area contributed by atoms with E-state index in [1.165, 1.54) is 5.56 Å². The third-order valence-corrected chi connectivity index (χ3v) is 4.06. The first-order valence-electron chi connectivity index (χ1n) is 8.43. The van der Waals surface area contributed by atoms with E-state index in [-0.39, 0.29) is 5.91 Å². The minimum Gasteiger partial charge on any atom is -0.359 e. The summed E-state index contributed by atoms with van der Waals surface area (Å²) in [5.41, 5.74) is 1.93. The van der Waals surface area contributed by atoms with Crippen LogP contribution in [0.4, 0.5) is 5.82 Å². The van der Waals surface area contributed by atoms with Gasteiger partial charge in [-0.05, 0) is 42.7 Å². The van der Waals surface area contributed by atoms with E-state index in [1.54, 1.807) is 29.6 Å². The highest BCUT2D eigenvalue weighted by Crippen LogP contribution is 2.14. The molecule has 0 N–H and O–H groups in total. The lowest BCUT2D eigenvalue weighted by Gasteiger charge is -2.20. The van der Waals surface area contributed by atoms with Gasteiger partial charge >= 0.3 is 0 Å². The van der Waals surface area contributed by atoms with Gasteiger partial charge in [0.1, 0.15) is 5.82 Å². The molecule has 0 aromatic carbocycles. The Morgan fingerprint density at radius 3 is 2.54 bits per heavy atom. The molecule has 5 nitrogen and oxygen atoms in total. The molecule has 2 aromatic rings. The molecule has 0 aliphatic heterocycles. The fourth-order valence-electron chi connectivity index (χ4n) is 2.44. The van der Waals surface area contributed by atoms with Gasteiger partial charge in [-0.3, -0.25) is 9.78 Å². The third-order valence-electron chi connectivity index (χ3n) is 4.06. The molecular formula is C19H26N4O. The summed E-state index contributed by atoms with van der Waals surface area (Å²) in [6.07, 6.45) is 8.33. The van der Waals surface area contributed by atoms with Crippen LogP contribution >= 0.6 is 0 Å². The molecule has 1 amide bonds. The standard InChI is InChI=1S/C19H26N4O/c1-4-5-13-23(3)19(24)17-8-12-21-18(15-17)22(2)14-9-16-6-10-20-11-7-16/h6-8,10-12,15H,4-5,9,13-14H2,1-3H3. The number of carbonyl (C=O) groups excluding carboxylic acids is 1. The van der Waals surface area contributed by atoms with E-state index in [0.29, 0.717) is 5.56 Å². The van der Waals surface area contributed by atoms with E-state index in [9.17, 15) is 4.79 Å². The molecule has 0 fully saturated rings. The Balaban J connectivity index is 1.99. The summed E-state index contributed by atoms with van der Waals surface area (Å²) in [5, 5.41) is 0. The summed E-state index contributed by atoms with van der Waals surface area (Å²) in [6.45, 7) is 3.74. The Hall–Kier alpha value is -2.43. The Morgan fingerprint density at radius 2 is 1.83 bits per heavy atom. The van der Waals surface area contributed by atoms with Crippen LogP contribution in [0.1, 0.15) is 35.7 Å². The van der Waals surface area contributed by atoms with Crippen LogP contribution < -0.4 is 4.90 Å². The summed E-state index contributed by atoms with van der Waals surface area (Å²) in [6, 6.07) is 7.69. The smallest absolute Gasteiger partial charge is 0.253 e. The summed E-state index contributed by atoms with van der Waals surface area (Å²) >= 11 is 0. The number of anilines is 1. The van der Waals surface area contributed by atoms with Gasteiger partial charge in [-0.15, -0.1) is 0 Å². The minimum atomic E-state index is 0.0506. The highest BCUT2D eigenvalue weighted by molar-refractivity contribution is 5.94. The van der Waals surface area contributed by atoms with Crippen LogP contribution in [-0.4, -0.2) is 48.0 Å². The van der Waals surface area contributed by atoms with Gasteiger partial charge in [0.25, 0.3) is 5.91 Å². The van der Waals surface area contributed by atoms with Crippen LogP contribution in [0.25, 0.3) is 0 Å². The summed E-state index contributed by atoms with van der Waals surface area (Å²) < 4.78 is 0. The number of rotatable bonds is 8. The van der Waals surface area contributed by atoms with E-state index >= 15 is 0 Å². The maximum atomic E-state index is 12.5. The quantitative estimate of drug-likeness (QED) is 0.748. The summed E-state index contributed by atoms with van der Waals surface area (Å²) in [4.78, 5) is 24.8. The van der Waals surface area contributed by atoms with Crippen molar-refractivity contribution in [3.8, 4) is 0 Å². The van der Waals surface area contributed by atoms with Crippen molar-refractivity contribution in [1.82, 2.24) is 14.9 Å². The van der Waals surface area contributed by atoms with Gasteiger partial charge in [0.2, 0.25) is 0 Å². The van der Waals surface area contributed by atoms with E-state index in [0.717, 1.165) is 38.2 Å². The Morgan fingerprint density at radius 1 is 1.08 bits per heavy atom. The number of pyridine rings is 2. The molecule has 0 bridgehead atoms. The van der Waals surface area contributed by atoms with E-state index in [2.05, 4.69) is 21.8 Å². The molecule has 5 heteroatoms. The third kappa shape index (κ3) is 5.05. The van der Waals surface area contributed by atoms with Crippen molar-refractivity contribution in [3.05, 3.63) is 54.0 Å². The number of hydrogen-bond acceptors (Lipinski definition) is 4. The zero-order valence-electron chi connectivity index (χ0n) is 14.8. The van der Waals surface area contributed by atoms with Gasteiger partial charge in [-0.2, -0.15) is 0 Å². The highest BCUT2D eigenvalue weighted by Gasteiger charge is 2.13. The fourth-order valence-corrected chi connectivity index (χ4v) is 2.44. The fraction of sp³-hybridized carbons (Fsp3) is 0.421. The van der Waals surface area contributed by atoms with Gasteiger partial charge in [0.15, 0.2) is 0 Å². The molecule has 2 rings (SSSR count). The molecule has 0 unspecified atom stereocenters. The number of carbonyl (C=O) groups is 1. The van der Waals surface area contributed by atoms with Gasteiger partial charge in [-0.1, -0.05) is 13.3 Å². The normalized spacial score (nSPS) is 10.5. The molecule has 0 atom stereocenters. The first-order chi connectivity index (χ1) is 11.6. The van der Waals surface area contributed by atoms with E-state index in [4.69, 9.17) is 0 Å². The van der Waals surface area contributed by atoms with Gasteiger partial charge in [0, 0.05) is 51.3 Å². The maximum absolute atomic E-state index is 12.5. The van der Waals surface area contributed by atoms with Crippen LogP contribution in [-0.2, 0) is 6.42 Å². The minimum absolute atomic E-state index is 0.0506. The Labute approximate surface area is 144 Å². The largest absolute Gasteiger partial charge is 0.359 e. The SMILES string of the molecule is CCCCN(C)C(=O)c1ccnc(N(C)CCc2ccncc2)c1. The van der Waals surface area contributed by atoms with Crippen molar-refractivity contribution in [3.63, 3.8) is 0 Å². The van der Waals surface area contributed by atoms with Crippen LogP contribution in [0, 0.1) is 0 Å². The average Bonchev–Trinajstić information content (AvgIpc) is 2.64. The zero-order chi connectivity index (χ0) is 17.4. The second-order valence-corrected chi connectivity index (χ2v) is 6.01. The Kier molecular flexibility index (Phi) is 6.73. The summed E-state index contributed by atoms with van der Waals surface area (Å²) in [7, 11) is 3.85. The number of amides is 1. The molecule has 2 heterocycles. The molecular weight excluding hydrogens is 300 g/mol. The lowest BCUT2D eigenvalue weighted by atomic mass is 10.2. The van der Waals surface area contributed by atoms with Crippen molar-refractivity contribution in [1.29, 1.82) is 0 Å². The maximum Gasteiger partial charge on any atom is 0.253 e. The molecule has 0 saturated heterocycles. The molecule has 128 valence electrons. The van der Waals surface area contributed by atoms with Crippen LogP contribution in [0.2, 0.25) is 0 Å². The zero-order valence-corrected chi connectivity index (χ0v) is 14.8. The topological polar surface area (TPSA) is 49.3 Å². The highest BCUT2D eigenvalue weighted by atomic mass is 16.2. The predicted molar refractivity (Wildman–Crippen MR) is 97.3 cm³/mol. The second-order valence-electron chi connectivity index (χ2n) is 6.01. The lowest BCUT2D eigenvalue weighted by Crippen LogP contribution is -2.28. The number of unbranched alkanes of at least 4 members (excludes halogenated alkanes) is 1. The van der Waals surface area contributed by atoms with Gasteiger partial charge in [0.05, 0.1) is 0 Å². The van der Waals surface area contributed by atoms with Crippen LogP contribution in [0.5, 0.6) is 0 Å². The average molecular weight is 326 g/mol. The number of likely N-dealkylation sites (N-methyl/N-ethyl adjacent to an activating group) is 1. The first kappa shape index (κ1) is 17.9. The summed E-state index contributed by atoms with van der Waals surface area (Å²) in [5.74, 6) is 0.869. The van der Waals surface area contributed by atoms with Gasteiger partial charge in [-0.25, -0.2) is 4.98 Å². The van der Waals surface area contributed by atoms with Crippen molar-refractivity contribution in [2.45, 2.75) is 26.2 Å². The molecule has 24 heavy (non-hydrogen) atoms. The lowest BCUT2D eigenvalue weighted by molar-refractivity contribution is 0.0793. The molecule has 0 spiro atoms. The van der Waals surface area contributed by atoms with Crippen molar-refractivity contribution in [2.24, 2.45) is 0 Å². The molecule has 0 aliphatic carbocycles. The second kappa shape index (κ2) is 9.01. The Bertz CT molecular complexity index is 645. The first-order valence-corrected chi connectivity index (χ1v) is 8.43. The number of aromatic nitrogens is 2. The molecule has 0 aliphatic rings. The predicted octanol–water partition coefficient (Wildman–Crippen LogP) is 3.03. The molecule has 2 aromatic heterocycles. The number of nitrogens with zero attached hydrogens (tertiary/aromatic N) is 4. The monoisotopic (exact) mass is 326 g/mol. The number of hydrogen-bond donors (Lipinski definition) is 0. The van der Waals surface area contributed by atoms with Crippen LogP contribution in [0.3, 0.4) is 0 Å². The van der Waals surface area contributed by atoms with Crippen molar-refractivity contribution < 1.29 is 4.79 Å². The van der Waals surface area contributed by atoms with Gasteiger partial charge < -0.3 is 9.80 Å². The van der Waals surface area contributed by atoms with Crippen molar-refractivity contribution in [2.75, 3.05) is 32.1 Å². The van der Waals surface area contributed by atoms with E-state index in [1.807, 2.05) is 32.3 Å². The van der Waals surface area contributed by atoms with E-state index < -0.39 is 0 Å². The molecule has 0 radical (unpaired) electrons.